The summed E-state index contributed by atoms with van der Waals surface area (Å²) >= 11 is 0. The lowest BCUT2D eigenvalue weighted by molar-refractivity contribution is 0.482. The van der Waals surface area contributed by atoms with Gasteiger partial charge in [-0.05, 0) is 81.8 Å². The molecule has 0 bridgehead atoms. The van der Waals surface area contributed by atoms with Gasteiger partial charge in [-0.15, -0.1) is 0 Å². The van der Waals surface area contributed by atoms with Gasteiger partial charge in [0, 0.05) is 51.8 Å². The van der Waals surface area contributed by atoms with Crippen LogP contribution in [-0.2, 0) is 10.8 Å². The van der Waals surface area contributed by atoms with Crippen molar-refractivity contribution in [3.63, 3.8) is 0 Å². The van der Waals surface area contributed by atoms with Gasteiger partial charge in [-0.25, -0.2) is 9.97 Å². The second-order valence-electron chi connectivity index (χ2n) is 17.5. The first-order valence-electron chi connectivity index (χ1n) is 20.8. The summed E-state index contributed by atoms with van der Waals surface area (Å²) in [4.78, 5) is 14.6. The Bertz CT molecular complexity index is 3140. The van der Waals surface area contributed by atoms with Crippen LogP contribution in [0.15, 0.2) is 170 Å². The fraction of sp³-hybridized carbons (Fsp3) is 0.148. The predicted molar refractivity (Wildman–Crippen MR) is 247 cm³/mol. The lowest BCUT2D eigenvalue weighted by Crippen LogP contribution is -2.25. The summed E-state index contributed by atoms with van der Waals surface area (Å²) in [5.74, 6) is 3.16. The van der Waals surface area contributed by atoms with Crippen molar-refractivity contribution in [2.45, 2.75) is 45.4 Å². The molecule has 60 heavy (non-hydrogen) atoms. The summed E-state index contributed by atoms with van der Waals surface area (Å²) < 4.78 is 8.99. The highest BCUT2D eigenvalue weighted by Crippen LogP contribution is 2.57. The largest absolute Gasteiger partial charge is 0.457 e. The van der Waals surface area contributed by atoms with Gasteiger partial charge in [0.1, 0.15) is 29.8 Å². The van der Waals surface area contributed by atoms with Crippen molar-refractivity contribution in [1.82, 2.24) is 14.5 Å². The maximum atomic E-state index is 6.74. The zero-order chi connectivity index (χ0) is 40.8. The molecule has 1 aliphatic heterocycles. The van der Waals surface area contributed by atoms with E-state index < -0.39 is 0 Å². The van der Waals surface area contributed by atoms with Gasteiger partial charge in [0.05, 0.1) is 28.1 Å². The zero-order valence-electron chi connectivity index (χ0n) is 34.5. The molecule has 6 heteroatoms. The van der Waals surface area contributed by atoms with Crippen LogP contribution in [0.5, 0.6) is 11.5 Å². The van der Waals surface area contributed by atoms with E-state index in [-0.39, 0.29) is 10.8 Å². The number of hydrogen-bond acceptors (Lipinski definition) is 5. The zero-order valence-corrected chi connectivity index (χ0v) is 34.5. The fourth-order valence-corrected chi connectivity index (χ4v) is 9.52. The Kier molecular flexibility index (Phi) is 8.05. The van der Waals surface area contributed by atoms with Crippen LogP contribution in [0.3, 0.4) is 0 Å². The van der Waals surface area contributed by atoms with E-state index in [0.29, 0.717) is 12.4 Å². The van der Waals surface area contributed by atoms with Gasteiger partial charge < -0.3 is 14.5 Å². The number of pyridine rings is 2. The summed E-state index contributed by atoms with van der Waals surface area (Å²) in [5.41, 5.74) is 14.4. The van der Waals surface area contributed by atoms with Crippen LogP contribution in [-0.4, -0.2) is 21.2 Å². The average molecular weight is 780 g/mol. The van der Waals surface area contributed by atoms with E-state index in [9.17, 15) is 0 Å². The molecule has 0 atom stereocenters. The molecule has 6 aromatic carbocycles. The number of aromatic nitrogens is 3. The minimum absolute atomic E-state index is 0.00961. The normalized spacial score (nSPS) is 14.1. The molecule has 11 rings (SSSR count). The third kappa shape index (κ3) is 5.62. The first-order chi connectivity index (χ1) is 29.1. The number of rotatable bonds is 6. The molecule has 4 heterocycles. The lowest BCUT2D eigenvalue weighted by atomic mass is 9.82. The van der Waals surface area contributed by atoms with Crippen molar-refractivity contribution in [3.05, 3.63) is 187 Å². The fourth-order valence-electron chi connectivity index (χ4n) is 9.52. The van der Waals surface area contributed by atoms with Gasteiger partial charge in [0.25, 0.3) is 0 Å². The van der Waals surface area contributed by atoms with Crippen molar-refractivity contribution < 1.29 is 4.74 Å². The van der Waals surface area contributed by atoms with Crippen LogP contribution < -0.4 is 14.5 Å². The minimum Gasteiger partial charge on any atom is -0.457 e. The highest BCUT2D eigenvalue weighted by atomic mass is 16.5. The number of hydrogen-bond donors (Lipinski definition) is 0. The smallest absolute Gasteiger partial charge is 0.138 e. The number of para-hydroxylation sites is 3. The maximum absolute atomic E-state index is 6.74. The van der Waals surface area contributed by atoms with E-state index in [1.807, 2.05) is 18.5 Å². The molecule has 0 N–H and O–H groups in total. The highest BCUT2D eigenvalue weighted by molar-refractivity contribution is 6.09. The number of ether oxygens (including phenoxy) is 1. The van der Waals surface area contributed by atoms with Crippen LogP contribution in [0.4, 0.5) is 22.9 Å². The SMILES string of the molecule is CC(C)(C)c1ccnc(-n2c3ccccc3c3ccc(Oc4ccnc(N5CN(c6c(-c7ccccc7)ccc7c6-c6ccccc6C7(C)C)c6ccccc65)c4)cc32)c1. The molecule has 2 aliphatic rings. The van der Waals surface area contributed by atoms with Crippen LogP contribution in [0.1, 0.15) is 51.3 Å². The van der Waals surface area contributed by atoms with Crippen LogP contribution in [0.25, 0.3) is 49.9 Å². The number of nitrogens with zero attached hydrogens (tertiary/aromatic N) is 5. The Morgan fingerprint density at radius 3 is 2.07 bits per heavy atom. The Labute approximate surface area is 351 Å². The van der Waals surface area contributed by atoms with Crippen LogP contribution in [0, 0.1) is 0 Å². The molecule has 0 radical (unpaired) electrons. The molecule has 0 spiro atoms. The highest BCUT2D eigenvalue weighted by Gasteiger charge is 2.40. The molecule has 6 nitrogen and oxygen atoms in total. The van der Waals surface area contributed by atoms with Crippen LogP contribution >= 0.6 is 0 Å². The molecule has 3 aromatic heterocycles. The Morgan fingerprint density at radius 1 is 0.550 bits per heavy atom. The molecule has 9 aromatic rings. The van der Waals surface area contributed by atoms with Crippen molar-refractivity contribution in [2.24, 2.45) is 0 Å². The quantitative estimate of drug-likeness (QED) is 0.168. The Hall–Kier alpha value is -7.18. The molecular formula is C54H45N5O. The molecule has 0 amide bonds. The first kappa shape index (κ1) is 35.9. The average Bonchev–Trinajstić information content (AvgIpc) is 3.89. The van der Waals surface area contributed by atoms with Gasteiger partial charge in [-0.3, -0.25) is 4.57 Å². The second-order valence-corrected chi connectivity index (χ2v) is 17.5. The molecule has 0 unspecified atom stereocenters. The number of benzene rings is 6. The molecular weight excluding hydrogens is 735 g/mol. The first-order valence-corrected chi connectivity index (χ1v) is 20.8. The van der Waals surface area contributed by atoms with E-state index in [2.05, 4.69) is 201 Å². The summed E-state index contributed by atoms with van der Waals surface area (Å²) in [7, 11) is 0. The molecule has 0 fully saturated rings. The van der Waals surface area contributed by atoms with E-state index in [0.717, 1.165) is 45.2 Å². The molecule has 0 saturated heterocycles. The van der Waals surface area contributed by atoms with Crippen molar-refractivity contribution in [3.8, 4) is 39.6 Å². The molecule has 1 aliphatic carbocycles. The summed E-state index contributed by atoms with van der Waals surface area (Å²) in [6, 6.07) is 56.2. The van der Waals surface area contributed by atoms with E-state index in [4.69, 9.17) is 14.7 Å². The molecule has 292 valence electrons. The Balaban J connectivity index is 0.994. The van der Waals surface area contributed by atoms with Gasteiger partial charge >= 0.3 is 0 Å². The predicted octanol–water partition coefficient (Wildman–Crippen LogP) is 13.9. The number of anilines is 4. The van der Waals surface area contributed by atoms with Crippen molar-refractivity contribution >= 4 is 44.7 Å². The van der Waals surface area contributed by atoms with Crippen LogP contribution in [0.2, 0.25) is 0 Å². The van der Waals surface area contributed by atoms with E-state index >= 15 is 0 Å². The Morgan fingerprint density at radius 2 is 1.23 bits per heavy atom. The summed E-state index contributed by atoms with van der Waals surface area (Å²) in [5, 5.41) is 2.33. The minimum atomic E-state index is -0.133. The van der Waals surface area contributed by atoms with Crippen molar-refractivity contribution in [2.75, 3.05) is 16.5 Å². The number of fused-ring (bicyclic) bond motifs is 7. The summed E-state index contributed by atoms with van der Waals surface area (Å²) in [6.07, 6.45) is 3.77. The lowest BCUT2D eigenvalue weighted by Gasteiger charge is -2.28. The third-order valence-corrected chi connectivity index (χ3v) is 12.5. The second kappa shape index (κ2) is 13.4. The van der Waals surface area contributed by atoms with Crippen molar-refractivity contribution in [1.29, 1.82) is 0 Å². The van der Waals surface area contributed by atoms with E-state index in [1.165, 1.54) is 50.0 Å². The standard InChI is InChI=1S/C54H45N5O/c1-53(2,3)36-27-29-56-50(31-36)59-45-20-12-10-17-40(45)41-24-23-37(32-48(41)59)60-38-28-30-55-49(33-38)57-34-58(47-22-14-13-21-46(47)57)52-39(35-15-7-6-8-16-35)25-26-44-51(52)42-18-9-11-19-43(42)54(44,4)5/h6-33H,34H2,1-5H3. The van der Waals surface area contributed by atoms with Gasteiger partial charge in [-0.1, -0.05) is 132 Å². The van der Waals surface area contributed by atoms with Gasteiger partial charge in [0.15, 0.2) is 0 Å². The monoisotopic (exact) mass is 779 g/mol. The maximum Gasteiger partial charge on any atom is 0.138 e. The van der Waals surface area contributed by atoms with Gasteiger partial charge in [-0.2, -0.15) is 0 Å². The third-order valence-electron chi connectivity index (χ3n) is 12.5. The van der Waals surface area contributed by atoms with E-state index in [1.54, 1.807) is 0 Å². The van der Waals surface area contributed by atoms with Gasteiger partial charge in [0.2, 0.25) is 0 Å². The molecule has 0 saturated carbocycles. The summed E-state index contributed by atoms with van der Waals surface area (Å²) in [6.45, 7) is 12.0. The topological polar surface area (TPSA) is 46.4 Å².